The van der Waals surface area contributed by atoms with Gasteiger partial charge in [-0.05, 0) is 21.1 Å². The van der Waals surface area contributed by atoms with Gasteiger partial charge in [0.15, 0.2) is 8.07 Å². The van der Waals surface area contributed by atoms with E-state index in [0.29, 0.717) is 0 Å². The van der Waals surface area contributed by atoms with Gasteiger partial charge >= 0.3 is 0 Å². The first kappa shape index (κ1) is 25.9. The van der Waals surface area contributed by atoms with E-state index in [0.717, 1.165) is 32.0 Å². The van der Waals surface area contributed by atoms with E-state index in [2.05, 4.69) is 162 Å². The van der Waals surface area contributed by atoms with Gasteiger partial charge in [0.1, 0.15) is 0 Å². The highest BCUT2D eigenvalue weighted by Gasteiger charge is 2.44. The Morgan fingerprint density at radius 2 is 0.875 bits per heavy atom. The molecule has 0 aliphatic carbocycles. The third-order valence-corrected chi connectivity index (χ3v) is 12.4. The molecule has 1 aliphatic heterocycles. The zero-order valence-corrected chi connectivity index (χ0v) is 23.6. The van der Waals surface area contributed by atoms with Crippen LogP contribution in [-0.2, 0) is 4.74 Å². The summed E-state index contributed by atoms with van der Waals surface area (Å²) in [6.07, 6.45) is 0. The molecule has 0 aromatic heterocycles. The predicted molar refractivity (Wildman–Crippen MR) is 170 cm³/mol. The van der Waals surface area contributed by atoms with Crippen LogP contribution in [0.5, 0.6) is 0 Å². The van der Waals surface area contributed by atoms with Crippen LogP contribution < -0.4 is 15.6 Å². The fourth-order valence-electron chi connectivity index (χ4n) is 5.82. The van der Waals surface area contributed by atoms with E-state index in [-0.39, 0.29) is 0 Å². The third kappa shape index (κ3) is 5.11. The summed E-state index contributed by atoms with van der Waals surface area (Å²) in [7, 11) is -2.83. The first-order valence-electron chi connectivity index (χ1n) is 14.0. The maximum absolute atomic E-state index is 5.77. The smallest absolute Gasteiger partial charge is 0.189 e. The number of ether oxygens (including phenoxy) is 1. The van der Waals surface area contributed by atoms with Crippen LogP contribution in [0.3, 0.4) is 0 Å². The highest BCUT2D eigenvalue weighted by Crippen LogP contribution is 2.29. The zero-order valence-electron chi connectivity index (χ0n) is 22.6. The molecule has 40 heavy (non-hydrogen) atoms. The van der Waals surface area contributed by atoms with Crippen molar-refractivity contribution in [3.63, 3.8) is 0 Å². The monoisotopic (exact) mass is 535 g/mol. The molecule has 1 heterocycles. The molecule has 0 amide bonds. The fourth-order valence-corrected chi connectivity index (χ4v) is 10.7. The Labute approximate surface area is 238 Å². The summed E-state index contributed by atoms with van der Waals surface area (Å²) in [5.74, 6) is 0. The van der Waals surface area contributed by atoms with Crippen LogP contribution in [0.1, 0.15) is 11.1 Å². The Kier molecular flexibility index (Phi) is 7.88. The molecule has 5 aromatic rings. The molecule has 1 fully saturated rings. The van der Waals surface area contributed by atoms with Crippen molar-refractivity contribution in [1.29, 1.82) is 0 Å². The van der Waals surface area contributed by atoms with E-state index in [1.54, 1.807) is 0 Å². The number of morpholine rings is 1. The van der Waals surface area contributed by atoms with Crippen molar-refractivity contribution in [2.24, 2.45) is 0 Å². The molecule has 6 rings (SSSR count). The molecular formula is C37H33NOSi. The van der Waals surface area contributed by atoms with Gasteiger partial charge < -0.3 is 9.64 Å². The second-order valence-corrected chi connectivity index (χ2v) is 13.8. The summed E-state index contributed by atoms with van der Waals surface area (Å²) in [6, 6.07) is 54.9. The lowest BCUT2D eigenvalue weighted by Crippen LogP contribution is -2.68. The molecule has 0 saturated carbocycles. The second kappa shape index (κ2) is 12.2. The maximum atomic E-state index is 5.77. The molecular weight excluding hydrogens is 502 g/mol. The minimum Gasteiger partial charge on any atom is -0.378 e. The second-order valence-electron chi connectivity index (χ2n) is 10.0. The normalized spacial score (nSPS) is 13.3. The molecule has 0 spiro atoms. The van der Waals surface area contributed by atoms with Gasteiger partial charge in [0, 0.05) is 23.8 Å². The lowest BCUT2D eigenvalue weighted by atomic mass is 10.1. The van der Waals surface area contributed by atoms with E-state index in [1.807, 2.05) is 0 Å². The van der Waals surface area contributed by atoms with Gasteiger partial charge in [0.25, 0.3) is 0 Å². The van der Waals surface area contributed by atoms with E-state index < -0.39 is 8.07 Å². The summed E-state index contributed by atoms with van der Waals surface area (Å²) in [6.45, 7) is 3.13. The summed E-state index contributed by atoms with van der Waals surface area (Å²) in [4.78, 5) is 2.45. The number of nitrogens with zero attached hydrogens (tertiary/aromatic N) is 1. The number of hydrogen-bond acceptors (Lipinski definition) is 2. The standard InChI is InChI=1S/C37H33NOSi/c1-6-16-31(17-7-1)36(38-26-28-39-29-27-38)30-37(32-18-8-2-9-19-32)40(33-20-10-3-11-21-33,34-22-12-4-13-23-34)35-24-14-5-15-25-35/h1-25H,26-29H2. The van der Waals surface area contributed by atoms with Gasteiger partial charge in [0.2, 0.25) is 0 Å². The number of rotatable bonds is 7. The highest BCUT2D eigenvalue weighted by molar-refractivity contribution is 7.23. The van der Waals surface area contributed by atoms with Crippen molar-refractivity contribution in [2.45, 2.75) is 0 Å². The van der Waals surface area contributed by atoms with Gasteiger partial charge in [-0.1, -0.05) is 157 Å². The SMILES string of the molecule is C(=C(c1ccccc1)N1CCOCC1)=C(c1ccccc1)[Si](c1ccccc1)(c1ccccc1)c1ccccc1. The molecule has 0 atom stereocenters. The Morgan fingerprint density at radius 3 is 1.30 bits per heavy atom. The average Bonchev–Trinajstić information content (AvgIpc) is 3.06. The van der Waals surface area contributed by atoms with Crippen LogP contribution >= 0.6 is 0 Å². The fraction of sp³-hybridized carbons (Fsp3) is 0.108. The summed E-state index contributed by atoms with van der Waals surface area (Å²) < 4.78 is 5.77. The van der Waals surface area contributed by atoms with Gasteiger partial charge in [-0.2, -0.15) is 0 Å². The molecule has 5 aromatic carbocycles. The molecule has 0 N–H and O–H groups in total. The van der Waals surface area contributed by atoms with Crippen LogP contribution in [0.2, 0.25) is 0 Å². The van der Waals surface area contributed by atoms with Crippen molar-refractivity contribution in [2.75, 3.05) is 26.3 Å². The van der Waals surface area contributed by atoms with E-state index >= 15 is 0 Å². The minimum atomic E-state index is -2.83. The third-order valence-electron chi connectivity index (χ3n) is 7.68. The molecule has 1 saturated heterocycles. The molecule has 0 radical (unpaired) electrons. The van der Waals surface area contributed by atoms with Crippen LogP contribution in [0, 0.1) is 0 Å². The largest absolute Gasteiger partial charge is 0.378 e. The van der Waals surface area contributed by atoms with E-state index in [9.17, 15) is 0 Å². The molecule has 2 nitrogen and oxygen atoms in total. The summed E-state index contributed by atoms with van der Waals surface area (Å²) in [5.41, 5.74) is 7.66. The molecule has 196 valence electrons. The van der Waals surface area contributed by atoms with Crippen molar-refractivity contribution >= 4 is 34.5 Å². The number of benzene rings is 5. The van der Waals surface area contributed by atoms with Crippen LogP contribution in [0.25, 0.3) is 10.9 Å². The van der Waals surface area contributed by atoms with Crippen molar-refractivity contribution in [3.05, 3.63) is 169 Å². The van der Waals surface area contributed by atoms with E-state index in [4.69, 9.17) is 4.74 Å². The maximum Gasteiger partial charge on any atom is 0.189 e. The van der Waals surface area contributed by atoms with Gasteiger partial charge in [-0.15, -0.1) is 0 Å². The van der Waals surface area contributed by atoms with Gasteiger partial charge in [-0.3, -0.25) is 0 Å². The molecule has 3 heteroatoms. The zero-order chi connectivity index (χ0) is 27.0. The molecule has 1 aliphatic rings. The lowest BCUT2D eigenvalue weighted by Gasteiger charge is -2.36. The minimum absolute atomic E-state index is 0.720. The van der Waals surface area contributed by atoms with Crippen LogP contribution in [-0.4, -0.2) is 39.3 Å². The quantitative estimate of drug-likeness (QED) is 0.149. The van der Waals surface area contributed by atoms with Crippen molar-refractivity contribution < 1.29 is 4.74 Å². The van der Waals surface area contributed by atoms with Crippen LogP contribution in [0.15, 0.2) is 157 Å². The average molecular weight is 536 g/mol. The summed E-state index contributed by atoms with van der Waals surface area (Å²) >= 11 is 0. The Bertz CT molecular complexity index is 1480. The van der Waals surface area contributed by atoms with Crippen LogP contribution in [0.4, 0.5) is 0 Å². The van der Waals surface area contributed by atoms with E-state index in [1.165, 1.54) is 31.9 Å². The number of hydrogen-bond donors (Lipinski definition) is 0. The molecule has 0 bridgehead atoms. The van der Waals surface area contributed by atoms with Crippen molar-refractivity contribution in [1.82, 2.24) is 4.90 Å². The van der Waals surface area contributed by atoms with Crippen molar-refractivity contribution in [3.8, 4) is 0 Å². The predicted octanol–water partition coefficient (Wildman–Crippen LogP) is 5.75. The Morgan fingerprint density at radius 1 is 0.500 bits per heavy atom. The summed E-state index contributed by atoms with van der Waals surface area (Å²) in [5, 5.41) is 5.27. The Hall–Kier alpha value is -4.40. The first-order valence-corrected chi connectivity index (χ1v) is 16.0. The lowest BCUT2D eigenvalue weighted by molar-refractivity contribution is 0.0640. The highest BCUT2D eigenvalue weighted by atomic mass is 28.3. The van der Waals surface area contributed by atoms with Gasteiger partial charge in [0.05, 0.1) is 18.9 Å². The van der Waals surface area contributed by atoms with Gasteiger partial charge in [-0.25, -0.2) is 0 Å². The first-order chi connectivity index (χ1) is 19.9. The Balaban J connectivity index is 1.81. The molecule has 0 unspecified atom stereocenters. The topological polar surface area (TPSA) is 12.5 Å².